The molecule has 2 nitrogen and oxygen atoms in total. The van der Waals surface area contributed by atoms with E-state index in [-0.39, 0.29) is 17.1 Å². The highest BCUT2D eigenvalue weighted by molar-refractivity contribution is 7.99. The molecule has 2 aliphatic rings. The van der Waals surface area contributed by atoms with Gasteiger partial charge in [0.2, 0.25) is 0 Å². The molecule has 3 unspecified atom stereocenters. The Morgan fingerprint density at radius 2 is 1.36 bits per heavy atom. The van der Waals surface area contributed by atoms with Gasteiger partial charge in [-0.15, -0.1) is 11.8 Å². The Kier molecular flexibility index (Phi) is 3.34. The fraction of sp³-hybridized carbons (Fsp3) is 0.136. The van der Waals surface area contributed by atoms with Gasteiger partial charge in [-0.1, -0.05) is 78.9 Å². The second-order valence-corrected chi connectivity index (χ2v) is 7.58. The summed E-state index contributed by atoms with van der Waals surface area (Å²) >= 11 is 1.74. The van der Waals surface area contributed by atoms with E-state index >= 15 is 0 Å². The first-order chi connectivity index (χ1) is 12.3. The van der Waals surface area contributed by atoms with E-state index in [1.807, 2.05) is 72.8 Å². The molecule has 2 aliphatic heterocycles. The molecule has 0 radical (unpaired) electrons. The van der Waals surface area contributed by atoms with Gasteiger partial charge in [0.25, 0.3) is 0 Å². The standard InChI is InChI=1S/C22H16O2S/c23-19-17-13-7-8-14-18(17)25-21(16-11-5-2-6-12-16)22(19)20(24-22)15-9-3-1-4-10-15/h1-14,20-21H. The molecule has 2 heterocycles. The van der Waals surface area contributed by atoms with E-state index < -0.39 is 5.60 Å². The molecule has 25 heavy (non-hydrogen) atoms. The van der Waals surface area contributed by atoms with Crippen LogP contribution < -0.4 is 0 Å². The van der Waals surface area contributed by atoms with Crippen LogP contribution in [0, 0.1) is 0 Å². The van der Waals surface area contributed by atoms with Crippen LogP contribution in [0.15, 0.2) is 89.8 Å². The molecule has 122 valence electrons. The average molecular weight is 344 g/mol. The highest BCUT2D eigenvalue weighted by atomic mass is 32.2. The summed E-state index contributed by atoms with van der Waals surface area (Å²) in [7, 11) is 0. The molecule has 0 bridgehead atoms. The molecular formula is C22H16O2S. The van der Waals surface area contributed by atoms with Crippen molar-refractivity contribution in [3.8, 4) is 0 Å². The summed E-state index contributed by atoms with van der Waals surface area (Å²) in [6, 6.07) is 28.1. The summed E-state index contributed by atoms with van der Waals surface area (Å²) in [6.07, 6.45) is -0.188. The first kappa shape index (κ1) is 14.9. The zero-order valence-electron chi connectivity index (χ0n) is 13.5. The number of rotatable bonds is 2. The lowest BCUT2D eigenvalue weighted by Crippen LogP contribution is -2.35. The lowest BCUT2D eigenvalue weighted by atomic mass is 9.85. The molecule has 1 saturated heterocycles. The molecule has 3 atom stereocenters. The predicted octanol–water partition coefficient (Wildman–Crippen LogP) is 5.23. The Bertz CT molecular complexity index is 939. The van der Waals surface area contributed by atoms with E-state index in [0.717, 1.165) is 21.6 Å². The van der Waals surface area contributed by atoms with Crippen LogP contribution in [-0.2, 0) is 4.74 Å². The van der Waals surface area contributed by atoms with Crippen LogP contribution in [0.3, 0.4) is 0 Å². The van der Waals surface area contributed by atoms with Crippen LogP contribution in [0.1, 0.15) is 32.8 Å². The number of hydrogen-bond donors (Lipinski definition) is 0. The van der Waals surface area contributed by atoms with Crippen molar-refractivity contribution in [2.75, 3.05) is 0 Å². The zero-order valence-corrected chi connectivity index (χ0v) is 14.3. The molecule has 1 spiro atoms. The van der Waals surface area contributed by atoms with Crippen molar-refractivity contribution in [1.82, 2.24) is 0 Å². The fourth-order valence-electron chi connectivity index (χ4n) is 3.72. The third-order valence-corrected chi connectivity index (χ3v) is 6.44. The number of carbonyl (C=O) groups is 1. The lowest BCUT2D eigenvalue weighted by molar-refractivity contribution is 0.0861. The molecule has 0 amide bonds. The summed E-state index contributed by atoms with van der Waals surface area (Å²) in [5.41, 5.74) is 2.17. The Balaban J connectivity index is 1.65. The maximum Gasteiger partial charge on any atom is 0.200 e. The van der Waals surface area contributed by atoms with Crippen LogP contribution in [-0.4, -0.2) is 11.4 Å². The molecule has 1 fully saturated rings. The number of ether oxygens (including phenoxy) is 1. The molecule has 0 aliphatic carbocycles. The Hall–Kier alpha value is -2.36. The molecular weight excluding hydrogens is 328 g/mol. The Labute approximate surface area is 150 Å². The summed E-state index contributed by atoms with van der Waals surface area (Å²) in [5.74, 6) is 0.101. The SMILES string of the molecule is O=C1c2ccccc2SC(c2ccccc2)C12OC2c1ccccc1. The summed E-state index contributed by atoms with van der Waals surface area (Å²) in [6.45, 7) is 0. The number of carbonyl (C=O) groups excluding carboxylic acids is 1. The molecule has 3 heteroatoms. The summed E-state index contributed by atoms with van der Waals surface area (Å²) < 4.78 is 6.20. The van der Waals surface area contributed by atoms with E-state index in [1.165, 1.54) is 0 Å². The van der Waals surface area contributed by atoms with Crippen molar-refractivity contribution < 1.29 is 9.53 Å². The minimum absolute atomic E-state index is 0.0405. The number of thioether (sulfide) groups is 1. The highest BCUT2D eigenvalue weighted by Gasteiger charge is 2.69. The number of hydrogen-bond acceptors (Lipinski definition) is 3. The van der Waals surface area contributed by atoms with Gasteiger partial charge < -0.3 is 4.74 Å². The zero-order chi connectivity index (χ0) is 16.9. The number of fused-ring (bicyclic) bond motifs is 1. The molecule has 5 rings (SSSR count). The second-order valence-electron chi connectivity index (χ2n) is 6.44. The smallest absolute Gasteiger partial charge is 0.200 e. The maximum absolute atomic E-state index is 13.4. The summed E-state index contributed by atoms with van der Waals surface area (Å²) in [5, 5.41) is -0.0405. The van der Waals surface area contributed by atoms with Crippen LogP contribution in [0.2, 0.25) is 0 Å². The van der Waals surface area contributed by atoms with Crippen molar-refractivity contribution in [2.45, 2.75) is 21.9 Å². The fourth-order valence-corrected chi connectivity index (χ4v) is 5.17. The molecule has 0 N–H and O–H groups in total. The van der Waals surface area contributed by atoms with Crippen LogP contribution in [0.4, 0.5) is 0 Å². The van der Waals surface area contributed by atoms with Gasteiger partial charge in [-0.2, -0.15) is 0 Å². The van der Waals surface area contributed by atoms with E-state index in [2.05, 4.69) is 12.1 Å². The minimum Gasteiger partial charge on any atom is -0.351 e. The molecule has 3 aromatic carbocycles. The minimum atomic E-state index is -0.804. The monoisotopic (exact) mass is 344 g/mol. The molecule has 0 saturated carbocycles. The van der Waals surface area contributed by atoms with Gasteiger partial charge in [0.1, 0.15) is 6.10 Å². The number of ketones is 1. The highest BCUT2D eigenvalue weighted by Crippen LogP contribution is 2.66. The number of epoxide rings is 1. The first-order valence-corrected chi connectivity index (χ1v) is 9.27. The normalized spacial score (nSPS) is 27.1. The summed E-state index contributed by atoms with van der Waals surface area (Å²) in [4.78, 5) is 14.5. The molecule has 3 aromatic rings. The van der Waals surface area contributed by atoms with Crippen LogP contribution in [0.5, 0.6) is 0 Å². The van der Waals surface area contributed by atoms with Gasteiger partial charge in [0.05, 0.1) is 5.25 Å². The number of benzene rings is 3. The van der Waals surface area contributed by atoms with Crippen molar-refractivity contribution >= 4 is 17.5 Å². The topological polar surface area (TPSA) is 29.6 Å². The Morgan fingerprint density at radius 3 is 2.08 bits per heavy atom. The van der Waals surface area contributed by atoms with Crippen LogP contribution >= 0.6 is 11.8 Å². The van der Waals surface area contributed by atoms with E-state index in [9.17, 15) is 4.79 Å². The van der Waals surface area contributed by atoms with Crippen LogP contribution in [0.25, 0.3) is 0 Å². The largest absolute Gasteiger partial charge is 0.351 e. The van der Waals surface area contributed by atoms with Gasteiger partial charge in [0.15, 0.2) is 11.4 Å². The van der Waals surface area contributed by atoms with Gasteiger partial charge in [-0.25, -0.2) is 0 Å². The van der Waals surface area contributed by atoms with Gasteiger partial charge >= 0.3 is 0 Å². The van der Waals surface area contributed by atoms with Gasteiger partial charge in [-0.3, -0.25) is 4.79 Å². The van der Waals surface area contributed by atoms with E-state index in [1.54, 1.807) is 11.8 Å². The van der Waals surface area contributed by atoms with Crippen molar-refractivity contribution in [2.24, 2.45) is 0 Å². The van der Waals surface area contributed by atoms with E-state index in [4.69, 9.17) is 4.74 Å². The van der Waals surface area contributed by atoms with Gasteiger partial charge in [0, 0.05) is 10.5 Å². The maximum atomic E-state index is 13.4. The second kappa shape index (κ2) is 5.58. The molecule has 0 aromatic heterocycles. The third kappa shape index (κ3) is 2.20. The quantitative estimate of drug-likeness (QED) is 0.597. The predicted molar refractivity (Wildman–Crippen MR) is 98.8 cm³/mol. The van der Waals surface area contributed by atoms with Crippen molar-refractivity contribution in [3.05, 3.63) is 102 Å². The first-order valence-electron chi connectivity index (χ1n) is 8.39. The Morgan fingerprint density at radius 1 is 0.760 bits per heavy atom. The lowest BCUT2D eigenvalue weighted by Gasteiger charge is -2.30. The van der Waals surface area contributed by atoms with Crippen molar-refractivity contribution in [1.29, 1.82) is 0 Å². The average Bonchev–Trinajstić information content (AvgIpc) is 3.43. The van der Waals surface area contributed by atoms with E-state index in [0.29, 0.717) is 0 Å². The van der Waals surface area contributed by atoms with Gasteiger partial charge in [-0.05, 0) is 17.2 Å². The number of Topliss-reactive ketones (excluding diaryl/α,β-unsaturated/α-hetero) is 1. The third-order valence-electron chi connectivity index (χ3n) is 4.97. The van der Waals surface area contributed by atoms with Crippen molar-refractivity contribution in [3.63, 3.8) is 0 Å².